The second-order valence-corrected chi connectivity index (χ2v) is 4.54. The Labute approximate surface area is 100.0 Å². The van der Waals surface area contributed by atoms with E-state index in [2.05, 4.69) is 0 Å². The van der Waals surface area contributed by atoms with E-state index in [0.717, 1.165) is 5.56 Å². The van der Waals surface area contributed by atoms with Crippen molar-refractivity contribution in [3.63, 3.8) is 0 Å². The highest BCUT2D eigenvalue weighted by atomic mass is 35.5. The molecule has 0 aromatic heterocycles. The van der Waals surface area contributed by atoms with Crippen molar-refractivity contribution in [3.8, 4) is 0 Å². The summed E-state index contributed by atoms with van der Waals surface area (Å²) in [5.41, 5.74) is 6.54. The maximum absolute atomic E-state index is 9.54. The largest absolute Gasteiger partial charge is 0.392 e. The number of benzene rings is 1. The van der Waals surface area contributed by atoms with Gasteiger partial charge in [0, 0.05) is 16.1 Å². The van der Waals surface area contributed by atoms with Crippen LogP contribution in [0.4, 0.5) is 0 Å². The first-order valence-electron chi connectivity index (χ1n) is 4.88. The van der Waals surface area contributed by atoms with Crippen molar-refractivity contribution >= 4 is 23.2 Å². The number of hydrogen-bond donors (Lipinski definition) is 2. The second-order valence-electron chi connectivity index (χ2n) is 3.70. The molecule has 0 spiro atoms. The third-order valence-corrected chi connectivity index (χ3v) is 2.92. The van der Waals surface area contributed by atoms with E-state index in [1.54, 1.807) is 19.1 Å². The van der Waals surface area contributed by atoms with E-state index in [1.807, 2.05) is 6.07 Å². The third-order valence-electron chi connectivity index (χ3n) is 2.33. The molecule has 15 heavy (non-hydrogen) atoms. The topological polar surface area (TPSA) is 46.2 Å². The second kappa shape index (κ2) is 5.71. The Morgan fingerprint density at radius 2 is 2.07 bits per heavy atom. The SMILES string of the molecule is CC(N)C(O)CCc1ccc(Cl)cc1Cl. The van der Waals surface area contributed by atoms with E-state index in [4.69, 9.17) is 28.9 Å². The average molecular weight is 248 g/mol. The number of nitrogens with two attached hydrogens (primary N) is 1. The van der Waals surface area contributed by atoms with Crippen molar-refractivity contribution in [1.29, 1.82) is 0 Å². The van der Waals surface area contributed by atoms with E-state index >= 15 is 0 Å². The standard InChI is InChI=1S/C11H15Cl2NO/c1-7(14)11(15)5-3-8-2-4-9(12)6-10(8)13/h2,4,6-7,11,15H,3,5,14H2,1H3. The fourth-order valence-electron chi connectivity index (χ4n) is 1.29. The van der Waals surface area contributed by atoms with Gasteiger partial charge in [0.25, 0.3) is 0 Å². The Hall–Kier alpha value is -0.280. The van der Waals surface area contributed by atoms with Crippen LogP contribution in [0.1, 0.15) is 18.9 Å². The molecule has 1 aromatic rings. The van der Waals surface area contributed by atoms with E-state index in [9.17, 15) is 5.11 Å². The minimum absolute atomic E-state index is 0.212. The molecule has 3 N–H and O–H groups in total. The molecule has 0 saturated carbocycles. The van der Waals surface area contributed by atoms with Gasteiger partial charge in [0.15, 0.2) is 0 Å². The van der Waals surface area contributed by atoms with Gasteiger partial charge in [0.1, 0.15) is 0 Å². The van der Waals surface area contributed by atoms with E-state index in [1.165, 1.54) is 0 Å². The molecule has 84 valence electrons. The van der Waals surface area contributed by atoms with Gasteiger partial charge >= 0.3 is 0 Å². The monoisotopic (exact) mass is 247 g/mol. The van der Waals surface area contributed by atoms with Crippen molar-refractivity contribution in [3.05, 3.63) is 33.8 Å². The average Bonchev–Trinajstić information content (AvgIpc) is 2.15. The zero-order valence-corrected chi connectivity index (χ0v) is 10.1. The van der Waals surface area contributed by atoms with Crippen molar-refractivity contribution < 1.29 is 5.11 Å². The maximum atomic E-state index is 9.54. The van der Waals surface area contributed by atoms with Gasteiger partial charge in [0.2, 0.25) is 0 Å². The van der Waals surface area contributed by atoms with Crippen molar-refractivity contribution in [2.75, 3.05) is 0 Å². The Morgan fingerprint density at radius 3 is 2.60 bits per heavy atom. The van der Waals surface area contributed by atoms with Crippen LogP contribution in [-0.2, 0) is 6.42 Å². The molecule has 4 heteroatoms. The molecule has 2 unspecified atom stereocenters. The first kappa shape index (κ1) is 12.8. The summed E-state index contributed by atoms with van der Waals surface area (Å²) in [6.07, 6.45) is 0.828. The molecule has 1 rings (SSSR count). The molecule has 0 heterocycles. The van der Waals surface area contributed by atoms with Crippen LogP contribution in [0.5, 0.6) is 0 Å². The Morgan fingerprint density at radius 1 is 1.40 bits per heavy atom. The number of aryl methyl sites for hydroxylation is 1. The molecular formula is C11H15Cl2NO. The van der Waals surface area contributed by atoms with E-state index in [-0.39, 0.29) is 6.04 Å². The van der Waals surface area contributed by atoms with Crippen LogP contribution in [-0.4, -0.2) is 17.3 Å². The smallest absolute Gasteiger partial charge is 0.0691 e. The van der Waals surface area contributed by atoms with Gasteiger partial charge in [-0.15, -0.1) is 0 Å². The number of halogens is 2. The van der Waals surface area contributed by atoms with Crippen molar-refractivity contribution in [1.82, 2.24) is 0 Å². The summed E-state index contributed by atoms with van der Waals surface area (Å²) in [5.74, 6) is 0. The molecule has 0 aliphatic rings. The lowest BCUT2D eigenvalue weighted by molar-refractivity contribution is 0.141. The summed E-state index contributed by atoms with van der Waals surface area (Å²) in [4.78, 5) is 0. The fourth-order valence-corrected chi connectivity index (χ4v) is 1.79. The van der Waals surface area contributed by atoms with Crippen molar-refractivity contribution in [2.45, 2.75) is 31.9 Å². The molecule has 0 fully saturated rings. The molecule has 0 radical (unpaired) electrons. The molecule has 2 nitrogen and oxygen atoms in total. The number of hydrogen-bond acceptors (Lipinski definition) is 2. The number of rotatable bonds is 4. The van der Waals surface area contributed by atoms with Crippen LogP contribution in [0, 0.1) is 0 Å². The molecule has 0 saturated heterocycles. The summed E-state index contributed by atoms with van der Waals surface area (Å²) in [6.45, 7) is 1.79. The van der Waals surface area contributed by atoms with Gasteiger partial charge in [-0.1, -0.05) is 29.3 Å². The molecule has 0 aliphatic carbocycles. The highest BCUT2D eigenvalue weighted by molar-refractivity contribution is 6.35. The van der Waals surface area contributed by atoms with E-state index in [0.29, 0.717) is 22.9 Å². The van der Waals surface area contributed by atoms with E-state index < -0.39 is 6.10 Å². The molecule has 1 aromatic carbocycles. The fraction of sp³-hybridized carbons (Fsp3) is 0.455. The van der Waals surface area contributed by atoms with Crippen LogP contribution in [0.3, 0.4) is 0 Å². The first-order chi connectivity index (χ1) is 7.00. The summed E-state index contributed by atoms with van der Waals surface area (Å²) in [5, 5.41) is 10.8. The molecule has 0 bridgehead atoms. The van der Waals surface area contributed by atoms with Gasteiger partial charge in [-0.25, -0.2) is 0 Å². The summed E-state index contributed by atoms with van der Waals surface area (Å²) < 4.78 is 0. The summed E-state index contributed by atoms with van der Waals surface area (Å²) >= 11 is 11.8. The molecular weight excluding hydrogens is 233 g/mol. The third kappa shape index (κ3) is 3.99. The lowest BCUT2D eigenvalue weighted by atomic mass is 10.0. The van der Waals surface area contributed by atoms with Crippen LogP contribution < -0.4 is 5.73 Å². The van der Waals surface area contributed by atoms with Crippen molar-refractivity contribution in [2.24, 2.45) is 5.73 Å². The van der Waals surface area contributed by atoms with Crippen LogP contribution in [0.25, 0.3) is 0 Å². The van der Waals surface area contributed by atoms with Gasteiger partial charge in [0.05, 0.1) is 6.10 Å². The zero-order valence-electron chi connectivity index (χ0n) is 8.58. The lowest BCUT2D eigenvalue weighted by Gasteiger charge is -2.14. The lowest BCUT2D eigenvalue weighted by Crippen LogP contribution is -2.31. The minimum atomic E-state index is -0.489. The van der Waals surface area contributed by atoms with Crippen LogP contribution >= 0.6 is 23.2 Å². The Bertz CT molecular complexity index is 328. The first-order valence-corrected chi connectivity index (χ1v) is 5.64. The van der Waals surface area contributed by atoms with Crippen LogP contribution in [0.15, 0.2) is 18.2 Å². The van der Waals surface area contributed by atoms with Gasteiger partial charge in [-0.05, 0) is 37.5 Å². The molecule has 2 atom stereocenters. The summed E-state index contributed by atoms with van der Waals surface area (Å²) in [7, 11) is 0. The van der Waals surface area contributed by atoms with Gasteiger partial charge in [-0.2, -0.15) is 0 Å². The normalized spacial score (nSPS) is 15.0. The predicted molar refractivity (Wildman–Crippen MR) is 64.4 cm³/mol. The molecule has 0 aliphatic heterocycles. The summed E-state index contributed by atoms with van der Waals surface area (Å²) in [6, 6.07) is 5.16. The zero-order chi connectivity index (χ0) is 11.4. The minimum Gasteiger partial charge on any atom is -0.392 e. The van der Waals surface area contributed by atoms with Gasteiger partial charge < -0.3 is 10.8 Å². The Balaban J connectivity index is 2.58. The highest BCUT2D eigenvalue weighted by Crippen LogP contribution is 2.22. The van der Waals surface area contributed by atoms with Gasteiger partial charge in [-0.3, -0.25) is 0 Å². The molecule has 0 amide bonds. The maximum Gasteiger partial charge on any atom is 0.0691 e. The highest BCUT2D eigenvalue weighted by Gasteiger charge is 2.10. The number of aliphatic hydroxyl groups is 1. The van der Waals surface area contributed by atoms with Crippen LogP contribution in [0.2, 0.25) is 10.0 Å². The predicted octanol–water partition coefficient (Wildman–Crippen LogP) is 2.63. The Kier molecular flexibility index (Phi) is 4.87. The number of aliphatic hydroxyl groups excluding tert-OH is 1. The quantitative estimate of drug-likeness (QED) is 0.860.